The first kappa shape index (κ1) is 12.7. The third-order valence-electron chi connectivity index (χ3n) is 3.52. The molecule has 2 N–H and O–H groups in total. The van der Waals surface area contributed by atoms with Gasteiger partial charge in [0.1, 0.15) is 0 Å². The minimum atomic E-state index is 0.669. The predicted octanol–water partition coefficient (Wildman–Crippen LogP) is 2.03. The second-order valence-electron chi connectivity index (χ2n) is 4.69. The van der Waals surface area contributed by atoms with Crippen LogP contribution in [0.4, 0.5) is 5.69 Å². The molecular formula is C13H21N3S. The molecule has 1 fully saturated rings. The van der Waals surface area contributed by atoms with Crippen molar-refractivity contribution in [2.45, 2.75) is 31.6 Å². The monoisotopic (exact) mass is 251 g/mol. The summed E-state index contributed by atoms with van der Waals surface area (Å²) in [4.78, 5) is 6.92. The van der Waals surface area contributed by atoms with Crippen molar-refractivity contribution in [2.24, 2.45) is 0 Å². The van der Waals surface area contributed by atoms with E-state index in [9.17, 15) is 0 Å². The number of anilines is 1. The normalized spacial score (nSPS) is 26.0. The molecule has 94 valence electrons. The molecule has 0 amide bonds. The Hall–Kier alpha value is -0.740. The van der Waals surface area contributed by atoms with Gasteiger partial charge >= 0.3 is 0 Å². The van der Waals surface area contributed by atoms with Crippen LogP contribution in [0.5, 0.6) is 0 Å². The van der Waals surface area contributed by atoms with E-state index in [1.807, 2.05) is 12.1 Å². The lowest BCUT2D eigenvalue weighted by Crippen LogP contribution is -2.45. The van der Waals surface area contributed by atoms with Crippen LogP contribution in [-0.2, 0) is 6.42 Å². The minimum absolute atomic E-state index is 0.669. The van der Waals surface area contributed by atoms with E-state index in [1.54, 1.807) is 6.20 Å². The summed E-state index contributed by atoms with van der Waals surface area (Å²) in [6, 6.07) is 4.63. The van der Waals surface area contributed by atoms with Crippen LogP contribution in [0.1, 0.15) is 19.5 Å². The van der Waals surface area contributed by atoms with Gasteiger partial charge in [0.05, 0.1) is 11.9 Å². The number of thioether (sulfide) groups is 1. The topological polar surface area (TPSA) is 42.1 Å². The average Bonchev–Trinajstić information content (AvgIpc) is 2.33. The highest BCUT2D eigenvalue weighted by Gasteiger charge is 2.24. The number of rotatable bonds is 3. The van der Waals surface area contributed by atoms with Crippen molar-refractivity contribution >= 4 is 17.4 Å². The predicted molar refractivity (Wildman–Crippen MR) is 75.3 cm³/mol. The maximum Gasteiger partial charge on any atom is 0.0501 e. The molecule has 0 aliphatic carbocycles. The fourth-order valence-corrected chi connectivity index (χ4v) is 3.32. The SMILES string of the molecule is CC1SCCN(CCc2ccc(N)cn2)C1C. The molecule has 2 atom stereocenters. The number of nitrogens with zero attached hydrogens (tertiary/aromatic N) is 2. The number of aromatic nitrogens is 1. The van der Waals surface area contributed by atoms with Crippen LogP contribution in [0.25, 0.3) is 0 Å². The zero-order valence-corrected chi connectivity index (χ0v) is 11.4. The molecule has 1 aliphatic rings. The highest BCUT2D eigenvalue weighted by molar-refractivity contribution is 8.00. The van der Waals surface area contributed by atoms with Crippen molar-refractivity contribution in [3.05, 3.63) is 24.0 Å². The quantitative estimate of drug-likeness (QED) is 0.892. The van der Waals surface area contributed by atoms with Crippen LogP contribution < -0.4 is 5.73 Å². The fraction of sp³-hybridized carbons (Fsp3) is 0.615. The standard InChI is InChI=1S/C13H21N3S/c1-10-11(2)17-8-7-16(10)6-5-13-4-3-12(14)9-15-13/h3-4,9-11H,5-8,14H2,1-2H3. The Bertz CT molecular complexity index is 352. The lowest BCUT2D eigenvalue weighted by molar-refractivity contribution is 0.215. The first-order valence-corrected chi connectivity index (χ1v) is 7.28. The second-order valence-corrected chi connectivity index (χ2v) is 6.17. The summed E-state index contributed by atoms with van der Waals surface area (Å²) in [6.45, 7) is 6.95. The lowest BCUT2D eigenvalue weighted by Gasteiger charge is -2.37. The lowest BCUT2D eigenvalue weighted by atomic mass is 10.2. The molecule has 0 radical (unpaired) electrons. The first-order valence-electron chi connectivity index (χ1n) is 6.23. The van der Waals surface area contributed by atoms with E-state index in [4.69, 9.17) is 5.73 Å². The maximum atomic E-state index is 5.63. The van der Waals surface area contributed by atoms with Gasteiger partial charge in [-0.1, -0.05) is 6.92 Å². The summed E-state index contributed by atoms with van der Waals surface area (Å²) >= 11 is 2.08. The second kappa shape index (κ2) is 5.74. The van der Waals surface area contributed by atoms with E-state index in [0.717, 1.165) is 29.6 Å². The maximum absolute atomic E-state index is 5.63. The number of hydrogen-bond acceptors (Lipinski definition) is 4. The third kappa shape index (κ3) is 3.36. The van der Waals surface area contributed by atoms with Crippen LogP contribution in [0.15, 0.2) is 18.3 Å². The van der Waals surface area contributed by atoms with Crippen molar-refractivity contribution in [1.82, 2.24) is 9.88 Å². The van der Waals surface area contributed by atoms with Crippen molar-refractivity contribution in [2.75, 3.05) is 24.6 Å². The Balaban J connectivity index is 1.87. The van der Waals surface area contributed by atoms with Gasteiger partial charge in [0.15, 0.2) is 0 Å². The molecule has 2 heterocycles. The van der Waals surface area contributed by atoms with Gasteiger partial charge in [-0.25, -0.2) is 0 Å². The van der Waals surface area contributed by atoms with E-state index in [2.05, 4.69) is 35.5 Å². The van der Waals surface area contributed by atoms with Crippen LogP contribution in [0.3, 0.4) is 0 Å². The van der Waals surface area contributed by atoms with Gasteiger partial charge < -0.3 is 5.73 Å². The van der Waals surface area contributed by atoms with Gasteiger partial charge in [0, 0.05) is 42.2 Å². The highest BCUT2D eigenvalue weighted by Crippen LogP contribution is 2.24. The number of nitrogens with two attached hydrogens (primary N) is 1. The van der Waals surface area contributed by atoms with E-state index in [-0.39, 0.29) is 0 Å². The Morgan fingerprint density at radius 1 is 1.47 bits per heavy atom. The molecule has 0 aromatic carbocycles. The molecule has 2 rings (SSSR count). The van der Waals surface area contributed by atoms with E-state index >= 15 is 0 Å². The Kier molecular flexibility index (Phi) is 4.29. The Morgan fingerprint density at radius 2 is 2.29 bits per heavy atom. The molecule has 3 nitrogen and oxygen atoms in total. The molecule has 0 bridgehead atoms. The van der Waals surface area contributed by atoms with Gasteiger partial charge in [-0.2, -0.15) is 11.8 Å². The molecule has 1 aliphatic heterocycles. The number of hydrogen-bond donors (Lipinski definition) is 1. The van der Waals surface area contributed by atoms with Gasteiger partial charge in [-0.15, -0.1) is 0 Å². The first-order chi connectivity index (χ1) is 8.16. The molecule has 1 aromatic heterocycles. The average molecular weight is 251 g/mol. The zero-order chi connectivity index (χ0) is 12.3. The summed E-state index contributed by atoms with van der Waals surface area (Å²) in [6.07, 6.45) is 2.76. The zero-order valence-electron chi connectivity index (χ0n) is 10.6. The van der Waals surface area contributed by atoms with Crippen molar-refractivity contribution in [3.8, 4) is 0 Å². The summed E-state index contributed by atoms with van der Waals surface area (Å²) in [5.74, 6) is 1.25. The third-order valence-corrected chi connectivity index (χ3v) is 4.86. The molecule has 4 heteroatoms. The Morgan fingerprint density at radius 3 is 3.00 bits per heavy atom. The van der Waals surface area contributed by atoms with E-state index in [0.29, 0.717) is 6.04 Å². The molecule has 0 spiro atoms. The van der Waals surface area contributed by atoms with E-state index in [1.165, 1.54) is 12.3 Å². The summed E-state index contributed by atoms with van der Waals surface area (Å²) in [5.41, 5.74) is 7.51. The van der Waals surface area contributed by atoms with Crippen molar-refractivity contribution in [3.63, 3.8) is 0 Å². The number of nitrogen functional groups attached to an aromatic ring is 1. The summed E-state index contributed by atoms with van der Waals surface area (Å²) in [5, 5.41) is 0.739. The molecular weight excluding hydrogens is 230 g/mol. The van der Waals surface area contributed by atoms with Crippen LogP contribution in [-0.4, -0.2) is 40.0 Å². The summed E-state index contributed by atoms with van der Waals surface area (Å²) < 4.78 is 0. The molecule has 1 saturated heterocycles. The smallest absolute Gasteiger partial charge is 0.0501 e. The highest BCUT2D eigenvalue weighted by atomic mass is 32.2. The Labute approximate surface area is 108 Å². The van der Waals surface area contributed by atoms with Gasteiger partial charge in [-0.05, 0) is 19.1 Å². The largest absolute Gasteiger partial charge is 0.397 e. The van der Waals surface area contributed by atoms with Crippen LogP contribution in [0, 0.1) is 0 Å². The molecule has 2 unspecified atom stereocenters. The van der Waals surface area contributed by atoms with E-state index < -0.39 is 0 Å². The van der Waals surface area contributed by atoms with Crippen LogP contribution in [0.2, 0.25) is 0 Å². The molecule has 17 heavy (non-hydrogen) atoms. The van der Waals surface area contributed by atoms with Gasteiger partial charge in [-0.3, -0.25) is 9.88 Å². The minimum Gasteiger partial charge on any atom is -0.397 e. The summed E-state index contributed by atoms with van der Waals surface area (Å²) in [7, 11) is 0. The van der Waals surface area contributed by atoms with Crippen molar-refractivity contribution < 1.29 is 0 Å². The molecule has 0 saturated carbocycles. The molecule has 1 aromatic rings. The van der Waals surface area contributed by atoms with Crippen molar-refractivity contribution in [1.29, 1.82) is 0 Å². The number of pyridine rings is 1. The fourth-order valence-electron chi connectivity index (χ4n) is 2.15. The van der Waals surface area contributed by atoms with Gasteiger partial charge in [0.2, 0.25) is 0 Å². The van der Waals surface area contributed by atoms with Gasteiger partial charge in [0.25, 0.3) is 0 Å². The van der Waals surface area contributed by atoms with Crippen LogP contribution >= 0.6 is 11.8 Å².